The summed E-state index contributed by atoms with van der Waals surface area (Å²) in [6, 6.07) is 2.58. The molecule has 1 N–H and O–H groups in total. The van der Waals surface area contributed by atoms with Gasteiger partial charge in [0.15, 0.2) is 5.65 Å². The molecule has 0 aliphatic heterocycles. The lowest BCUT2D eigenvalue weighted by Crippen LogP contribution is -2.26. The van der Waals surface area contributed by atoms with Crippen LogP contribution in [0.15, 0.2) is 18.5 Å². The van der Waals surface area contributed by atoms with Gasteiger partial charge in [-0.05, 0) is 26.2 Å². The lowest BCUT2D eigenvalue weighted by molar-refractivity contribution is 0.486. The molecule has 0 aromatic carbocycles. The van der Waals surface area contributed by atoms with Crippen LogP contribution in [0.1, 0.15) is 37.4 Å². The van der Waals surface area contributed by atoms with Gasteiger partial charge in [-0.15, -0.1) is 0 Å². The third-order valence-electron chi connectivity index (χ3n) is 3.53. The Kier molecular flexibility index (Phi) is 3.04. The van der Waals surface area contributed by atoms with Crippen molar-refractivity contribution in [3.05, 3.63) is 29.7 Å². The van der Waals surface area contributed by atoms with Crippen LogP contribution in [0.25, 0.3) is 5.65 Å². The molecule has 4 nitrogen and oxygen atoms in total. The van der Waals surface area contributed by atoms with Crippen LogP contribution in [-0.2, 0) is 6.54 Å². The molecular weight excluding hydrogens is 224 g/mol. The molecule has 0 amide bonds. The highest BCUT2D eigenvalue weighted by Crippen LogP contribution is 2.33. The number of fused-ring (bicyclic) bond motifs is 1. The Morgan fingerprint density at radius 1 is 1.50 bits per heavy atom. The van der Waals surface area contributed by atoms with Crippen molar-refractivity contribution in [2.45, 2.75) is 45.7 Å². The first-order valence-electron chi connectivity index (χ1n) is 6.75. The molecule has 1 saturated carbocycles. The van der Waals surface area contributed by atoms with Crippen LogP contribution in [0.2, 0.25) is 0 Å². The molecule has 0 spiro atoms. The van der Waals surface area contributed by atoms with Gasteiger partial charge in [0.1, 0.15) is 0 Å². The predicted octanol–water partition coefficient (Wildman–Crippen LogP) is 2.32. The first-order chi connectivity index (χ1) is 8.70. The zero-order valence-electron chi connectivity index (χ0n) is 11.1. The minimum atomic E-state index is 0.590. The molecule has 0 bridgehead atoms. The van der Waals surface area contributed by atoms with Crippen LogP contribution in [-0.4, -0.2) is 20.6 Å². The summed E-state index contributed by atoms with van der Waals surface area (Å²) in [5, 5.41) is 7.95. The Hall–Kier alpha value is -1.42. The van der Waals surface area contributed by atoms with Gasteiger partial charge in [0.05, 0.1) is 5.69 Å². The Labute approximate surface area is 107 Å². The zero-order valence-corrected chi connectivity index (χ0v) is 11.1. The second kappa shape index (κ2) is 4.69. The van der Waals surface area contributed by atoms with E-state index in [2.05, 4.69) is 28.5 Å². The molecule has 0 radical (unpaired) electrons. The molecule has 2 aromatic heterocycles. The second-order valence-electron chi connectivity index (χ2n) is 5.51. The van der Waals surface area contributed by atoms with Crippen LogP contribution in [0.5, 0.6) is 0 Å². The van der Waals surface area contributed by atoms with Crippen molar-refractivity contribution < 1.29 is 0 Å². The van der Waals surface area contributed by atoms with Crippen molar-refractivity contribution in [1.82, 2.24) is 19.9 Å². The van der Waals surface area contributed by atoms with E-state index in [9.17, 15) is 0 Å². The van der Waals surface area contributed by atoms with Gasteiger partial charge in [0.2, 0.25) is 0 Å². The fourth-order valence-corrected chi connectivity index (χ4v) is 2.35. The van der Waals surface area contributed by atoms with Crippen LogP contribution in [0.3, 0.4) is 0 Å². The van der Waals surface area contributed by atoms with Crippen molar-refractivity contribution in [1.29, 1.82) is 0 Å². The summed E-state index contributed by atoms with van der Waals surface area (Å²) in [7, 11) is 0. The quantitative estimate of drug-likeness (QED) is 0.877. The normalized spacial score (nSPS) is 17.2. The van der Waals surface area contributed by atoms with Gasteiger partial charge >= 0.3 is 0 Å². The van der Waals surface area contributed by atoms with Gasteiger partial charge in [0, 0.05) is 36.6 Å². The fraction of sp³-hybridized carbons (Fsp3) is 0.571. The van der Waals surface area contributed by atoms with E-state index < -0.39 is 0 Å². The first kappa shape index (κ1) is 11.7. The van der Waals surface area contributed by atoms with Crippen LogP contribution in [0.4, 0.5) is 0 Å². The summed E-state index contributed by atoms with van der Waals surface area (Å²) in [6.45, 7) is 5.13. The van der Waals surface area contributed by atoms with E-state index in [0.29, 0.717) is 6.04 Å². The number of hydrogen-bond acceptors (Lipinski definition) is 3. The van der Waals surface area contributed by atoms with Crippen molar-refractivity contribution in [2.24, 2.45) is 5.92 Å². The fourth-order valence-electron chi connectivity index (χ4n) is 2.35. The lowest BCUT2D eigenvalue weighted by atomic mass is 10.1. The van der Waals surface area contributed by atoms with Crippen LogP contribution in [0, 0.1) is 12.8 Å². The number of nitrogens with zero attached hydrogens (tertiary/aromatic N) is 3. The molecule has 96 valence electrons. The zero-order chi connectivity index (χ0) is 12.5. The van der Waals surface area contributed by atoms with E-state index in [1.54, 1.807) is 0 Å². The summed E-state index contributed by atoms with van der Waals surface area (Å²) in [6.07, 6.45) is 8.15. The smallest absolute Gasteiger partial charge is 0.155 e. The van der Waals surface area contributed by atoms with Gasteiger partial charge in [-0.3, -0.25) is 0 Å². The molecule has 4 heteroatoms. The van der Waals surface area contributed by atoms with E-state index in [-0.39, 0.29) is 0 Å². The van der Waals surface area contributed by atoms with Crippen LogP contribution < -0.4 is 5.32 Å². The molecule has 0 saturated heterocycles. The van der Waals surface area contributed by atoms with Gasteiger partial charge in [-0.25, -0.2) is 9.50 Å². The lowest BCUT2D eigenvalue weighted by Gasteiger charge is -2.12. The molecule has 1 fully saturated rings. The van der Waals surface area contributed by atoms with E-state index in [4.69, 9.17) is 0 Å². The highest BCUT2D eigenvalue weighted by molar-refractivity contribution is 5.38. The molecule has 2 heterocycles. The van der Waals surface area contributed by atoms with Crippen molar-refractivity contribution in [2.75, 3.05) is 0 Å². The van der Waals surface area contributed by atoms with Gasteiger partial charge < -0.3 is 5.32 Å². The van der Waals surface area contributed by atoms with Gasteiger partial charge in [-0.1, -0.05) is 12.8 Å². The summed E-state index contributed by atoms with van der Waals surface area (Å²) in [4.78, 5) is 4.41. The van der Waals surface area contributed by atoms with Gasteiger partial charge in [-0.2, -0.15) is 5.10 Å². The average molecular weight is 244 g/mol. The number of hydrogen-bond donors (Lipinski definition) is 1. The standard InChI is InChI=1S/C14H20N4/c1-10(5-12-3-4-12)15-7-13-8-16-14-6-11(2)17-18(14)9-13/h6,8-10,12,15H,3-5,7H2,1-2H3. The molecule has 2 aromatic rings. The molecule has 1 aliphatic carbocycles. The molecule has 1 unspecified atom stereocenters. The van der Waals surface area contributed by atoms with Crippen LogP contribution >= 0.6 is 0 Å². The van der Waals surface area contributed by atoms with Gasteiger partial charge in [0.25, 0.3) is 0 Å². The topological polar surface area (TPSA) is 42.2 Å². The average Bonchev–Trinajstić information content (AvgIpc) is 3.05. The highest BCUT2D eigenvalue weighted by atomic mass is 15.2. The molecular formula is C14H20N4. The Bertz CT molecular complexity index is 542. The largest absolute Gasteiger partial charge is 0.310 e. The predicted molar refractivity (Wildman–Crippen MR) is 71.4 cm³/mol. The summed E-state index contributed by atoms with van der Waals surface area (Å²) in [5.74, 6) is 0.974. The second-order valence-corrected chi connectivity index (χ2v) is 5.51. The Morgan fingerprint density at radius 3 is 3.11 bits per heavy atom. The minimum absolute atomic E-state index is 0.590. The van der Waals surface area contributed by atoms with Crippen molar-refractivity contribution in [3.63, 3.8) is 0 Å². The van der Waals surface area contributed by atoms with E-state index in [1.165, 1.54) is 24.8 Å². The number of aryl methyl sites for hydroxylation is 1. The number of rotatable bonds is 5. The summed E-state index contributed by atoms with van der Waals surface area (Å²) in [5.41, 5.74) is 3.12. The summed E-state index contributed by atoms with van der Waals surface area (Å²) < 4.78 is 1.86. The minimum Gasteiger partial charge on any atom is -0.310 e. The van der Waals surface area contributed by atoms with E-state index in [0.717, 1.165) is 23.8 Å². The number of nitrogens with one attached hydrogen (secondary N) is 1. The maximum absolute atomic E-state index is 4.41. The first-order valence-corrected chi connectivity index (χ1v) is 6.75. The molecule has 18 heavy (non-hydrogen) atoms. The maximum atomic E-state index is 4.41. The molecule has 3 rings (SSSR count). The Morgan fingerprint density at radius 2 is 2.33 bits per heavy atom. The monoisotopic (exact) mass is 244 g/mol. The number of aromatic nitrogens is 3. The third-order valence-corrected chi connectivity index (χ3v) is 3.53. The maximum Gasteiger partial charge on any atom is 0.155 e. The van der Waals surface area contributed by atoms with E-state index in [1.807, 2.05) is 23.7 Å². The molecule has 1 atom stereocenters. The molecule has 1 aliphatic rings. The Balaban J connectivity index is 1.62. The van der Waals surface area contributed by atoms with Crippen molar-refractivity contribution in [3.8, 4) is 0 Å². The highest BCUT2D eigenvalue weighted by Gasteiger charge is 2.23. The third kappa shape index (κ3) is 2.70. The SMILES string of the molecule is Cc1cc2ncc(CNC(C)CC3CC3)cn2n1. The summed E-state index contributed by atoms with van der Waals surface area (Å²) >= 11 is 0. The van der Waals surface area contributed by atoms with Crippen molar-refractivity contribution >= 4 is 5.65 Å². The van der Waals surface area contributed by atoms with E-state index >= 15 is 0 Å².